The molecule has 1 aromatic heterocycles. The van der Waals surface area contributed by atoms with Crippen LogP contribution < -0.4 is 5.32 Å². The van der Waals surface area contributed by atoms with Crippen molar-refractivity contribution in [3.05, 3.63) is 22.4 Å². The third kappa shape index (κ3) is 2.97. The van der Waals surface area contributed by atoms with E-state index in [0.29, 0.717) is 0 Å². The van der Waals surface area contributed by atoms with Gasteiger partial charge in [0.15, 0.2) is 0 Å². The van der Waals surface area contributed by atoms with Crippen LogP contribution in [0.25, 0.3) is 0 Å². The Kier molecular flexibility index (Phi) is 4.15. The summed E-state index contributed by atoms with van der Waals surface area (Å²) in [7, 11) is 0. The van der Waals surface area contributed by atoms with Gasteiger partial charge in [-0.3, -0.25) is 4.79 Å². The molecule has 1 aromatic rings. The first-order valence-corrected chi connectivity index (χ1v) is 7.51. The SMILES string of the molecule is CCn1cc(Br)cc1C(=O)NC1(C)CCCCC1. The van der Waals surface area contributed by atoms with E-state index in [4.69, 9.17) is 0 Å². The second-order valence-electron chi connectivity index (χ2n) is 5.41. The molecule has 1 amide bonds. The molecular formula is C14H21BrN2O. The van der Waals surface area contributed by atoms with Crippen LogP contribution in [0.3, 0.4) is 0 Å². The van der Waals surface area contributed by atoms with E-state index in [1.54, 1.807) is 0 Å². The fourth-order valence-electron chi connectivity index (χ4n) is 2.72. The summed E-state index contributed by atoms with van der Waals surface area (Å²) in [5.41, 5.74) is 0.723. The van der Waals surface area contributed by atoms with Crippen LogP contribution in [0.2, 0.25) is 0 Å². The van der Waals surface area contributed by atoms with Gasteiger partial charge in [-0.25, -0.2) is 0 Å². The van der Waals surface area contributed by atoms with E-state index in [1.165, 1.54) is 19.3 Å². The predicted octanol–water partition coefficient (Wildman–Crippen LogP) is 3.72. The molecule has 2 rings (SSSR count). The molecule has 4 heteroatoms. The highest BCUT2D eigenvalue weighted by Crippen LogP contribution is 2.28. The summed E-state index contributed by atoms with van der Waals surface area (Å²) in [5.74, 6) is 0.0481. The molecule has 0 bridgehead atoms. The fraction of sp³-hybridized carbons (Fsp3) is 0.643. The summed E-state index contributed by atoms with van der Waals surface area (Å²) in [5, 5.41) is 3.22. The van der Waals surface area contributed by atoms with Crippen molar-refractivity contribution < 1.29 is 4.79 Å². The monoisotopic (exact) mass is 312 g/mol. The Morgan fingerprint density at radius 2 is 2.11 bits per heavy atom. The zero-order valence-corrected chi connectivity index (χ0v) is 12.7. The summed E-state index contributed by atoms with van der Waals surface area (Å²) in [6, 6.07) is 1.89. The molecule has 1 aliphatic carbocycles. The van der Waals surface area contributed by atoms with Gasteiger partial charge in [0.05, 0.1) is 0 Å². The van der Waals surface area contributed by atoms with Crippen molar-refractivity contribution in [2.45, 2.75) is 58.0 Å². The molecule has 0 aliphatic heterocycles. The topological polar surface area (TPSA) is 34.0 Å². The minimum atomic E-state index is -0.0232. The van der Waals surface area contributed by atoms with Crippen LogP contribution in [0.15, 0.2) is 16.7 Å². The highest BCUT2D eigenvalue weighted by atomic mass is 79.9. The standard InChI is InChI=1S/C14H21BrN2O/c1-3-17-10-11(15)9-12(17)13(18)16-14(2)7-5-4-6-8-14/h9-10H,3-8H2,1-2H3,(H,16,18). The van der Waals surface area contributed by atoms with Crippen molar-refractivity contribution in [3.63, 3.8) is 0 Å². The van der Waals surface area contributed by atoms with Crippen LogP contribution in [0, 0.1) is 0 Å². The summed E-state index contributed by atoms with van der Waals surface area (Å²) in [4.78, 5) is 12.4. The second kappa shape index (κ2) is 5.47. The van der Waals surface area contributed by atoms with Crippen molar-refractivity contribution >= 4 is 21.8 Å². The number of rotatable bonds is 3. The molecule has 1 fully saturated rings. The Balaban J connectivity index is 2.11. The van der Waals surface area contributed by atoms with E-state index >= 15 is 0 Å². The third-order valence-electron chi connectivity index (χ3n) is 3.81. The van der Waals surface area contributed by atoms with Crippen molar-refractivity contribution in [2.24, 2.45) is 0 Å². The first-order chi connectivity index (χ1) is 8.54. The molecule has 0 aromatic carbocycles. The molecule has 1 heterocycles. The minimum Gasteiger partial charge on any atom is -0.346 e. The maximum Gasteiger partial charge on any atom is 0.268 e. The molecule has 1 aliphatic rings. The Morgan fingerprint density at radius 3 is 2.72 bits per heavy atom. The van der Waals surface area contributed by atoms with Gasteiger partial charge in [0.2, 0.25) is 0 Å². The first kappa shape index (κ1) is 13.7. The van der Waals surface area contributed by atoms with E-state index in [2.05, 4.69) is 28.2 Å². The number of aromatic nitrogens is 1. The predicted molar refractivity (Wildman–Crippen MR) is 76.8 cm³/mol. The lowest BCUT2D eigenvalue weighted by Gasteiger charge is -2.34. The van der Waals surface area contributed by atoms with Gasteiger partial charge in [-0.15, -0.1) is 0 Å². The largest absolute Gasteiger partial charge is 0.346 e. The minimum absolute atomic E-state index is 0.0232. The zero-order valence-electron chi connectivity index (χ0n) is 11.1. The molecule has 1 N–H and O–H groups in total. The average Bonchev–Trinajstić information content (AvgIpc) is 2.71. The van der Waals surface area contributed by atoms with E-state index in [-0.39, 0.29) is 11.4 Å². The third-order valence-corrected chi connectivity index (χ3v) is 4.24. The van der Waals surface area contributed by atoms with Crippen molar-refractivity contribution in [1.29, 1.82) is 0 Å². The van der Waals surface area contributed by atoms with Gasteiger partial charge in [0.25, 0.3) is 5.91 Å². The second-order valence-corrected chi connectivity index (χ2v) is 6.32. The van der Waals surface area contributed by atoms with Gasteiger partial charge in [-0.05, 0) is 48.7 Å². The molecule has 3 nitrogen and oxygen atoms in total. The van der Waals surface area contributed by atoms with Crippen LogP contribution in [0.1, 0.15) is 56.4 Å². The zero-order chi connectivity index (χ0) is 13.2. The number of carbonyl (C=O) groups excluding carboxylic acids is 1. The molecular weight excluding hydrogens is 292 g/mol. The lowest BCUT2D eigenvalue weighted by molar-refractivity contribution is 0.0873. The number of hydrogen-bond donors (Lipinski definition) is 1. The van der Waals surface area contributed by atoms with Gasteiger partial charge in [-0.1, -0.05) is 19.3 Å². The molecule has 0 spiro atoms. The fourth-order valence-corrected chi connectivity index (χ4v) is 3.19. The molecule has 1 saturated carbocycles. The number of aryl methyl sites for hydroxylation is 1. The Bertz CT molecular complexity index is 433. The normalized spacial score (nSPS) is 18.6. The highest BCUT2D eigenvalue weighted by Gasteiger charge is 2.29. The molecule has 100 valence electrons. The van der Waals surface area contributed by atoms with Crippen molar-refractivity contribution in [1.82, 2.24) is 9.88 Å². The van der Waals surface area contributed by atoms with Gasteiger partial charge in [0, 0.05) is 22.8 Å². The van der Waals surface area contributed by atoms with E-state index in [1.807, 2.05) is 23.8 Å². The molecule has 0 atom stereocenters. The van der Waals surface area contributed by atoms with Crippen LogP contribution in [-0.2, 0) is 6.54 Å². The average molecular weight is 313 g/mol. The maximum atomic E-state index is 12.4. The lowest BCUT2D eigenvalue weighted by atomic mass is 9.83. The van der Waals surface area contributed by atoms with E-state index in [0.717, 1.165) is 29.6 Å². The van der Waals surface area contributed by atoms with Crippen LogP contribution in [0.5, 0.6) is 0 Å². The first-order valence-electron chi connectivity index (χ1n) is 6.72. The maximum absolute atomic E-state index is 12.4. The van der Waals surface area contributed by atoms with Crippen molar-refractivity contribution in [3.8, 4) is 0 Å². The summed E-state index contributed by atoms with van der Waals surface area (Å²) in [6.45, 7) is 5.02. The van der Waals surface area contributed by atoms with Gasteiger partial charge < -0.3 is 9.88 Å². The van der Waals surface area contributed by atoms with Gasteiger partial charge in [-0.2, -0.15) is 0 Å². The molecule has 0 saturated heterocycles. The van der Waals surface area contributed by atoms with Crippen LogP contribution in [-0.4, -0.2) is 16.0 Å². The van der Waals surface area contributed by atoms with E-state index in [9.17, 15) is 4.79 Å². The number of nitrogens with zero attached hydrogens (tertiary/aromatic N) is 1. The summed E-state index contributed by atoms with van der Waals surface area (Å²) >= 11 is 3.43. The van der Waals surface area contributed by atoms with E-state index < -0.39 is 0 Å². The number of carbonyl (C=O) groups is 1. The van der Waals surface area contributed by atoms with Crippen LogP contribution in [0.4, 0.5) is 0 Å². The highest BCUT2D eigenvalue weighted by molar-refractivity contribution is 9.10. The summed E-state index contributed by atoms with van der Waals surface area (Å²) < 4.78 is 2.94. The number of nitrogens with one attached hydrogen (secondary N) is 1. The number of halogens is 1. The summed E-state index contributed by atoms with van der Waals surface area (Å²) in [6.07, 6.45) is 7.87. The number of amides is 1. The van der Waals surface area contributed by atoms with Gasteiger partial charge >= 0.3 is 0 Å². The lowest BCUT2D eigenvalue weighted by Crippen LogP contribution is -2.47. The van der Waals surface area contributed by atoms with Gasteiger partial charge in [0.1, 0.15) is 5.69 Å². The van der Waals surface area contributed by atoms with Crippen LogP contribution >= 0.6 is 15.9 Å². The smallest absolute Gasteiger partial charge is 0.268 e. The quantitative estimate of drug-likeness (QED) is 0.906. The number of hydrogen-bond acceptors (Lipinski definition) is 1. The molecule has 0 unspecified atom stereocenters. The Labute approximate surface area is 117 Å². The van der Waals surface area contributed by atoms with Crippen molar-refractivity contribution in [2.75, 3.05) is 0 Å². The Hall–Kier alpha value is -0.770. The molecule has 0 radical (unpaired) electrons. The molecule has 18 heavy (non-hydrogen) atoms. The Morgan fingerprint density at radius 1 is 1.44 bits per heavy atom.